The van der Waals surface area contributed by atoms with Crippen molar-refractivity contribution in [1.82, 2.24) is 4.90 Å². The predicted molar refractivity (Wildman–Crippen MR) is 145 cm³/mol. The lowest BCUT2D eigenvalue weighted by Crippen LogP contribution is -2.33. The summed E-state index contributed by atoms with van der Waals surface area (Å²) in [4.78, 5) is 2.31. The van der Waals surface area contributed by atoms with Crippen LogP contribution in [0.1, 0.15) is 6.92 Å². The maximum absolute atomic E-state index is 6.06. The molecule has 0 bridgehead atoms. The van der Waals surface area contributed by atoms with Crippen molar-refractivity contribution in [3.8, 4) is 0 Å². The Bertz CT molecular complexity index is 1170. The first-order valence-corrected chi connectivity index (χ1v) is 14.2. The topological polar surface area (TPSA) is 29.5 Å². The Balaban J connectivity index is 1.77. The summed E-state index contributed by atoms with van der Waals surface area (Å²) in [5, 5.41) is 5.55. The van der Waals surface area contributed by atoms with E-state index in [9.17, 15) is 0 Å². The molecule has 2 aromatic carbocycles. The van der Waals surface area contributed by atoms with E-state index in [0.717, 1.165) is 11.0 Å². The van der Waals surface area contributed by atoms with Crippen molar-refractivity contribution in [3.05, 3.63) is 120 Å². The maximum atomic E-state index is 6.06. The summed E-state index contributed by atoms with van der Waals surface area (Å²) in [5.74, 6) is 0.267. The molecule has 1 aliphatic rings. The minimum absolute atomic E-state index is 0.267. The third-order valence-electron chi connectivity index (χ3n) is 6.34. The molecule has 2 aromatic heterocycles. The fourth-order valence-corrected chi connectivity index (χ4v) is 9.83. The zero-order valence-corrected chi connectivity index (χ0v) is 21.5. The van der Waals surface area contributed by atoms with Crippen molar-refractivity contribution in [3.63, 3.8) is 0 Å². The summed E-state index contributed by atoms with van der Waals surface area (Å²) in [7, 11) is 2.63. The van der Waals surface area contributed by atoms with E-state index in [1.807, 2.05) is 12.1 Å². The zero-order valence-electron chi connectivity index (χ0n) is 19.7. The second kappa shape index (κ2) is 10.3. The molecule has 5 heteroatoms. The summed E-state index contributed by atoms with van der Waals surface area (Å²) >= 11 is 0. The Morgan fingerprint density at radius 1 is 0.706 bits per heavy atom. The highest BCUT2D eigenvalue weighted by Gasteiger charge is 2.39. The normalized spacial score (nSPS) is 16.8. The number of furan rings is 2. The van der Waals surface area contributed by atoms with Crippen molar-refractivity contribution < 1.29 is 8.83 Å². The van der Waals surface area contributed by atoms with Crippen LogP contribution in [0.15, 0.2) is 129 Å². The molecular weight excluding hydrogens is 456 g/mol. The SMILES string of the molecule is C[C@H](C1C=CC(P(c2ccccc2)c2ccccc2)=C1P(c1ccco1)c1ccco1)N(C)C. The van der Waals surface area contributed by atoms with E-state index in [-0.39, 0.29) is 5.92 Å². The first kappa shape index (κ1) is 23.1. The Kier molecular flexibility index (Phi) is 6.97. The number of nitrogens with zero attached hydrogens (tertiary/aromatic N) is 1. The lowest BCUT2D eigenvalue weighted by atomic mass is 10.0. The van der Waals surface area contributed by atoms with Gasteiger partial charge in [-0.1, -0.05) is 72.8 Å². The first-order valence-electron chi connectivity index (χ1n) is 11.5. The van der Waals surface area contributed by atoms with Crippen LogP contribution in [0.5, 0.6) is 0 Å². The molecule has 4 aromatic rings. The van der Waals surface area contributed by atoms with E-state index >= 15 is 0 Å². The average molecular weight is 486 g/mol. The van der Waals surface area contributed by atoms with E-state index < -0.39 is 15.8 Å². The van der Waals surface area contributed by atoms with Crippen molar-refractivity contribution >= 4 is 37.5 Å². The predicted octanol–water partition coefficient (Wildman–Crippen LogP) is 5.79. The third kappa shape index (κ3) is 4.49. The molecule has 0 saturated carbocycles. The van der Waals surface area contributed by atoms with E-state index in [2.05, 4.69) is 111 Å². The van der Waals surface area contributed by atoms with Crippen molar-refractivity contribution in [1.29, 1.82) is 0 Å². The van der Waals surface area contributed by atoms with Crippen molar-refractivity contribution in [2.75, 3.05) is 14.1 Å². The zero-order chi connectivity index (χ0) is 23.5. The fraction of sp³-hybridized carbons (Fsp3) is 0.172. The van der Waals surface area contributed by atoms with E-state index in [0.29, 0.717) is 6.04 Å². The van der Waals surface area contributed by atoms with Gasteiger partial charge < -0.3 is 13.7 Å². The van der Waals surface area contributed by atoms with Gasteiger partial charge in [-0.2, -0.15) is 0 Å². The molecule has 0 spiro atoms. The van der Waals surface area contributed by atoms with Crippen LogP contribution in [0, 0.1) is 5.92 Å². The molecule has 1 aliphatic carbocycles. The van der Waals surface area contributed by atoms with Crippen LogP contribution in [-0.4, -0.2) is 25.0 Å². The second-order valence-electron chi connectivity index (χ2n) is 8.60. The minimum Gasteiger partial charge on any atom is -0.464 e. The van der Waals surface area contributed by atoms with E-state index in [1.165, 1.54) is 21.2 Å². The Hall–Kier alpha value is -2.70. The highest BCUT2D eigenvalue weighted by atomic mass is 31.1. The quantitative estimate of drug-likeness (QED) is 0.296. The molecule has 5 rings (SSSR count). The van der Waals surface area contributed by atoms with E-state index in [1.54, 1.807) is 12.5 Å². The van der Waals surface area contributed by atoms with Crippen LogP contribution < -0.4 is 21.6 Å². The lowest BCUT2D eigenvalue weighted by molar-refractivity contribution is 0.281. The summed E-state index contributed by atoms with van der Waals surface area (Å²) in [5.41, 5.74) is 1.96. The van der Waals surface area contributed by atoms with Crippen LogP contribution >= 0.6 is 15.8 Å². The van der Waals surface area contributed by atoms with Gasteiger partial charge in [0.25, 0.3) is 0 Å². The number of benzene rings is 2. The molecule has 0 fully saturated rings. The number of allylic oxidation sites excluding steroid dienone is 2. The monoisotopic (exact) mass is 485 g/mol. The third-order valence-corrected chi connectivity index (χ3v) is 11.4. The highest BCUT2D eigenvalue weighted by Crippen LogP contribution is 2.60. The van der Waals surface area contributed by atoms with E-state index in [4.69, 9.17) is 8.83 Å². The summed E-state index contributed by atoms with van der Waals surface area (Å²) < 4.78 is 12.1. The number of hydrogen-bond acceptors (Lipinski definition) is 3. The molecule has 0 N–H and O–H groups in total. The molecule has 1 unspecified atom stereocenters. The van der Waals surface area contributed by atoms with Gasteiger partial charge in [0, 0.05) is 12.0 Å². The molecule has 0 amide bonds. The Morgan fingerprint density at radius 2 is 1.24 bits per heavy atom. The maximum Gasteiger partial charge on any atom is 0.137 e. The fourth-order valence-electron chi connectivity index (χ4n) is 4.43. The van der Waals surface area contributed by atoms with Gasteiger partial charge >= 0.3 is 0 Å². The van der Waals surface area contributed by atoms with Crippen molar-refractivity contribution in [2.45, 2.75) is 13.0 Å². The van der Waals surface area contributed by atoms with Gasteiger partial charge in [-0.3, -0.25) is 0 Å². The second-order valence-corrected chi connectivity index (χ2v) is 12.8. The standard InChI is InChI=1S/C29H29NO2P2/c1-22(30(2)3)25-18-19-26(29(25)34(27-16-10-20-31-27)28-17-11-21-32-28)33(23-12-6-4-7-13-23)24-14-8-5-9-15-24/h4-22,25H,1-3H3/t22-,25?/m1/s1. The molecule has 172 valence electrons. The van der Waals surface area contributed by atoms with Crippen LogP contribution in [0.4, 0.5) is 0 Å². The van der Waals surface area contributed by atoms with Gasteiger partial charge in [0.15, 0.2) is 0 Å². The molecule has 2 atom stereocenters. The Labute approximate surface area is 204 Å². The molecule has 0 saturated heterocycles. The summed E-state index contributed by atoms with van der Waals surface area (Å²) in [6.07, 6.45) is 8.33. The summed E-state index contributed by atoms with van der Waals surface area (Å²) in [6.45, 7) is 2.31. The van der Waals surface area contributed by atoms with Gasteiger partial charge in [-0.15, -0.1) is 0 Å². The summed E-state index contributed by atoms with van der Waals surface area (Å²) in [6, 6.07) is 30.3. The van der Waals surface area contributed by atoms with Gasteiger partial charge in [0.2, 0.25) is 0 Å². The number of hydrogen-bond donors (Lipinski definition) is 0. The molecule has 34 heavy (non-hydrogen) atoms. The van der Waals surface area contributed by atoms with Gasteiger partial charge in [-0.25, -0.2) is 0 Å². The van der Waals surface area contributed by atoms with Gasteiger partial charge in [0.05, 0.1) is 20.4 Å². The van der Waals surface area contributed by atoms with Crippen LogP contribution in [-0.2, 0) is 0 Å². The minimum atomic E-state index is -0.954. The molecule has 2 heterocycles. The van der Waals surface area contributed by atoms with Crippen LogP contribution in [0.25, 0.3) is 0 Å². The van der Waals surface area contributed by atoms with Crippen molar-refractivity contribution in [2.24, 2.45) is 5.92 Å². The molecule has 0 radical (unpaired) electrons. The van der Waals surface area contributed by atoms with Gasteiger partial charge in [0.1, 0.15) is 11.0 Å². The smallest absolute Gasteiger partial charge is 0.137 e. The molecule has 3 nitrogen and oxygen atoms in total. The molecular formula is C29H29NO2P2. The number of rotatable bonds is 8. The average Bonchev–Trinajstić information content (AvgIpc) is 3.65. The largest absolute Gasteiger partial charge is 0.464 e. The van der Waals surface area contributed by atoms with Crippen LogP contribution in [0.2, 0.25) is 0 Å². The molecule has 0 aliphatic heterocycles. The van der Waals surface area contributed by atoms with Gasteiger partial charge in [-0.05, 0) is 74.4 Å². The lowest BCUT2D eigenvalue weighted by Gasteiger charge is -2.32. The Morgan fingerprint density at radius 3 is 1.68 bits per heavy atom. The highest BCUT2D eigenvalue weighted by molar-refractivity contribution is 7.80. The van der Waals surface area contributed by atoms with Crippen LogP contribution in [0.3, 0.4) is 0 Å². The first-order chi connectivity index (χ1) is 16.6.